The van der Waals surface area contributed by atoms with Crippen LogP contribution in [0, 0.1) is 0 Å². The van der Waals surface area contributed by atoms with Gasteiger partial charge in [-0.05, 0) is 17.5 Å². The largest absolute Gasteiger partial charge is 0.0985 e. The minimum atomic E-state index is 1.17. The van der Waals surface area contributed by atoms with Crippen LogP contribution in [-0.4, -0.2) is 0 Å². The van der Waals surface area contributed by atoms with E-state index in [1.165, 1.54) is 24.0 Å². The van der Waals surface area contributed by atoms with E-state index in [0.29, 0.717) is 0 Å². The molecule has 0 aliphatic rings. The van der Waals surface area contributed by atoms with E-state index in [0.717, 1.165) is 0 Å². The van der Waals surface area contributed by atoms with Gasteiger partial charge in [0.2, 0.25) is 0 Å². The van der Waals surface area contributed by atoms with Gasteiger partial charge in [0, 0.05) is 0 Å². The molecule has 0 heteroatoms. The van der Waals surface area contributed by atoms with Crippen LogP contribution in [0.15, 0.2) is 67.2 Å². The predicted octanol–water partition coefficient (Wildman–Crippen LogP) is 5.99. The van der Waals surface area contributed by atoms with Crippen molar-refractivity contribution in [3.63, 3.8) is 0 Å². The van der Waals surface area contributed by atoms with Gasteiger partial charge in [0.1, 0.15) is 0 Å². The molecule has 0 bridgehead atoms. The first-order valence-electron chi connectivity index (χ1n) is 7.08. The highest BCUT2D eigenvalue weighted by Crippen LogP contribution is 2.00. The molecule has 0 heterocycles. The normalized spacial score (nSPS) is 8.37. The molecule has 0 aromatic heterocycles. The topological polar surface area (TPSA) is 0 Å². The second-order valence-electron chi connectivity index (χ2n) is 3.85. The summed E-state index contributed by atoms with van der Waals surface area (Å²) in [6.45, 7) is 9.83. The molecular weight excluding hydrogens is 228 g/mol. The summed E-state index contributed by atoms with van der Waals surface area (Å²) < 4.78 is 0. The first-order chi connectivity index (χ1) is 9.36. The second kappa shape index (κ2) is 12.6. The lowest BCUT2D eigenvalue weighted by Crippen LogP contribution is -1.78. The van der Waals surface area contributed by atoms with E-state index in [2.05, 4.69) is 43.8 Å². The van der Waals surface area contributed by atoms with Crippen LogP contribution < -0.4 is 0 Å². The highest BCUT2D eigenvalue weighted by atomic mass is 13.9. The Morgan fingerprint density at radius 3 is 1.68 bits per heavy atom. The lowest BCUT2D eigenvalue weighted by Gasteiger charge is -1.93. The fourth-order valence-electron chi connectivity index (χ4n) is 1.52. The van der Waals surface area contributed by atoms with E-state index in [9.17, 15) is 0 Å². The SMILES string of the molecule is C=Cc1ccccc1.CC.CCCc1ccccc1. The third-order valence-corrected chi connectivity index (χ3v) is 2.42. The zero-order chi connectivity index (χ0) is 14.3. The van der Waals surface area contributed by atoms with Crippen LogP contribution in [0.25, 0.3) is 6.08 Å². The molecule has 0 spiro atoms. The first-order valence-corrected chi connectivity index (χ1v) is 7.08. The quantitative estimate of drug-likeness (QED) is 0.630. The molecule has 0 atom stereocenters. The molecule has 0 nitrogen and oxygen atoms in total. The molecule has 0 aliphatic carbocycles. The van der Waals surface area contributed by atoms with E-state index < -0.39 is 0 Å². The summed E-state index contributed by atoms with van der Waals surface area (Å²) in [5.41, 5.74) is 2.62. The molecule has 0 saturated heterocycles. The lowest BCUT2D eigenvalue weighted by atomic mass is 10.1. The van der Waals surface area contributed by atoms with Crippen molar-refractivity contribution in [2.24, 2.45) is 0 Å². The number of hydrogen-bond acceptors (Lipinski definition) is 0. The van der Waals surface area contributed by atoms with Gasteiger partial charge in [-0.15, -0.1) is 0 Å². The van der Waals surface area contributed by atoms with E-state index in [1.54, 1.807) is 0 Å². The fraction of sp³-hybridized carbons (Fsp3) is 0.263. The van der Waals surface area contributed by atoms with Crippen molar-refractivity contribution in [3.05, 3.63) is 78.4 Å². The Labute approximate surface area is 118 Å². The summed E-state index contributed by atoms with van der Waals surface area (Å²) in [5, 5.41) is 0. The maximum Gasteiger partial charge on any atom is -0.0263 e. The molecule has 0 fully saturated rings. The van der Waals surface area contributed by atoms with Crippen molar-refractivity contribution in [1.82, 2.24) is 0 Å². The molecular formula is C19H26. The molecule has 0 radical (unpaired) electrons. The van der Waals surface area contributed by atoms with Gasteiger partial charge >= 0.3 is 0 Å². The van der Waals surface area contributed by atoms with Gasteiger partial charge in [-0.2, -0.15) is 0 Å². The zero-order valence-corrected chi connectivity index (χ0v) is 12.5. The number of hydrogen-bond donors (Lipinski definition) is 0. The van der Waals surface area contributed by atoms with Crippen molar-refractivity contribution in [3.8, 4) is 0 Å². The second-order valence-corrected chi connectivity index (χ2v) is 3.85. The predicted molar refractivity (Wildman–Crippen MR) is 88.3 cm³/mol. The highest BCUT2D eigenvalue weighted by Gasteiger charge is 1.84. The smallest absolute Gasteiger partial charge is 0.0263 e. The van der Waals surface area contributed by atoms with Crippen LogP contribution in [0.4, 0.5) is 0 Å². The van der Waals surface area contributed by atoms with E-state index >= 15 is 0 Å². The Morgan fingerprint density at radius 1 is 0.842 bits per heavy atom. The Balaban J connectivity index is 0.000000303. The van der Waals surface area contributed by atoms with Crippen molar-refractivity contribution in [2.75, 3.05) is 0 Å². The van der Waals surface area contributed by atoms with Crippen LogP contribution in [0.5, 0.6) is 0 Å². The standard InChI is InChI=1S/C9H12.C8H8.C2H6/c1-2-6-9-7-4-3-5-8-9;1-2-8-6-4-3-5-7-8;1-2/h3-5,7-8H,2,6H2,1H3;2-7H,1H2;1-2H3. The number of rotatable bonds is 3. The van der Waals surface area contributed by atoms with Gasteiger partial charge < -0.3 is 0 Å². The summed E-state index contributed by atoms with van der Waals surface area (Å²) in [7, 11) is 0. The Hall–Kier alpha value is -1.82. The molecule has 0 N–H and O–H groups in total. The maximum atomic E-state index is 3.63. The van der Waals surface area contributed by atoms with E-state index in [-0.39, 0.29) is 0 Å². The Morgan fingerprint density at radius 2 is 1.32 bits per heavy atom. The summed E-state index contributed by atoms with van der Waals surface area (Å²) >= 11 is 0. The van der Waals surface area contributed by atoms with Crippen LogP contribution in [0.1, 0.15) is 38.3 Å². The minimum absolute atomic E-state index is 1.17. The van der Waals surface area contributed by atoms with Gasteiger partial charge in [0.25, 0.3) is 0 Å². The third-order valence-electron chi connectivity index (χ3n) is 2.42. The van der Waals surface area contributed by atoms with E-state index in [1.807, 2.05) is 50.3 Å². The summed E-state index contributed by atoms with van der Waals surface area (Å²) in [5.74, 6) is 0. The summed E-state index contributed by atoms with van der Waals surface area (Å²) in [4.78, 5) is 0. The fourth-order valence-corrected chi connectivity index (χ4v) is 1.52. The molecule has 0 saturated carbocycles. The Kier molecular flexibility index (Phi) is 11.4. The van der Waals surface area contributed by atoms with Gasteiger partial charge in [0.15, 0.2) is 0 Å². The Bertz CT molecular complexity index is 401. The zero-order valence-electron chi connectivity index (χ0n) is 12.5. The monoisotopic (exact) mass is 254 g/mol. The van der Waals surface area contributed by atoms with Gasteiger partial charge in [-0.1, -0.05) is 101 Å². The molecule has 2 aromatic carbocycles. The maximum absolute atomic E-state index is 3.63. The van der Waals surface area contributed by atoms with Crippen LogP contribution in [0.2, 0.25) is 0 Å². The molecule has 19 heavy (non-hydrogen) atoms. The molecule has 2 rings (SSSR count). The van der Waals surface area contributed by atoms with Gasteiger partial charge in [-0.25, -0.2) is 0 Å². The average molecular weight is 254 g/mol. The van der Waals surface area contributed by atoms with Crippen LogP contribution in [0.3, 0.4) is 0 Å². The molecule has 0 aliphatic heterocycles. The molecule has 0 amide bonds. The van der Waals surface area contributed by atoms with Crippen LogP contribution in [-0.2, 0) is 6.42 Å². The van der Waals surface area contributed by atoms with Crippen molar-refractivity contribution >= 4 is 6.08 Å². The minimum Gasteiger partial charge on any atom is -0.0985 e. The summed E-state index contributed by atoms with van der Waals surface area (Å²) in [6.07, 6.45) is 4.28. The van der Waals surface area contributed by atoms with Gasteiger partial charge in [-0.3, -0.25) is 0 Å². The number of benzene rings is 2. The van der Waals surface area contributed by atoms with Crippen LogP contribution >= 0.6 is 0 Å². The summed E-state index contributed by atoms with van der Waals surface area (Å²) in [6, 6.07) is 20.6. The molecule has 0 unspecified atom stereocenters. The number of aryl methyl sites for hydroxylation is 1. The van der Waals surface area contributed by atoms with E-state index in [4.69, 9.17) is 0 Å². The van der Waals surface area contributed by atoms with Crippen molar-refractivity contribution in [2.45, 2.75) is 33.6 Å². The highest BCUT2D eigenvalue weighted by molar-refractivity contribution is 5.45. The molecule has 2 aromatic rings. The molecule has 102 valence electrons. The average Bonchev–Trinajstić information content (AvgIpc) is 2.52. The van der Waals surface area contributed by atoms with Gasteiger partial charge in [0.05, 0.1) is 0 Å². The van der Waals surface area contributed by atoms with Crippen molar-refractivity contribution < 1.29 is 0 Å². The third kappa shape index (κ3) is 8.84. The first kappa shape index (κ1) is 17.2. The lowest BCUT2D eigenvalue weighted by molar-refractivity contribution is 0.922. The van der Waals surface area contributed by atoms with Crippen molar-refractivity contribution in [1.29, 1.82) is 0 Å².